The van der Waals surface area contributed by atoms with E-state index in [1.54, 1.807) is 0 Å². The third-order valence-electron chi connectivity index (χ3n) is 3.32. The maximum atomic E-state index is 4.16. The topological polar surface area (TPSA) is 12.9 Å². The lowest BCUT2D eigenvalue weighted by molar-refractivity contribution is 0.604. The first-order chi connectivity index (χ1) is 6.89. The van der Waals surface area contributed by atoms with Gasteiger partial charge >= 0.3 is 0 Å². The minimum absolute atomic E-state index is 0.442. The molecule has 1 aromatic heterocycles. The lowest BCUT2D eigenvalue weighted by Gasteiger charge is -2.13. The van der Waals surface area contributed by atoms with E-state index in [9.17, 15) is 0 Å². The van der Waals surface area contributed by atoms with Crippen molar-refractivity contribution in [3.63, 3.8) is 0 Å². The molecule has 0 aromatic carbocycles. The van der Waals surface area contributed by atoms with Crippen LogP contribution in [0.2, 0.25) is 0 Å². The van der Waals surface area contributed by atoms with Crippen LogP contribution in [-0.2, 0) is 6.42 Å². The van der Waals surface area contributed by atoms with Crippen LogP contribution in [0.4, 0.5) is 0 Å². The second kappa shape index (κ2) is 2.81. The summed E-state index contributed by atoms with van der Waals surface area (Å²) in [6.45, 7) is 0. The second-order valence-corrected chi connectivity index (χ2v) is 4.33. The van der Waals surface area contributed by atoms with Gasteiger partial charge < -0.3 is 0 Å². The van der Waals surface area contributed by atoms with Gasteiger partial charge in [0.05, 0.1) is 0 Å². The molecule has 2 atom stereocenters. The Hall–Kier alpha value is -1.37. The third kappa shape index (κ3) is 1.20. The van der Waals surface area contributed by atoms with Crippen LogP contribution >= 0.6 is 0 Å². The van der Waals surface area contributed by atoms with Crippen LogP contribution < -0.4 is 0 Å². The van der Waals surface area contributed by atoms with E-state index in [1.165, 1.54) is 12.0 Å². The first kappa shape index (κ1) is 7.98. The minimum Gasteiger partial charge on any atom is -0.264 e. The van der Waals surface area contributed by atoms with Crippen LogP contribution in [0.1, 0.15) is 12.0 Å². The Balaban J connectivity index is 1.81. The van der Waals surface area contributed by atoms with E-state index in [0.717, 1.165) is 12.3 Å². The predicted octanol–water partition coefficient (Wildman–Crippen LogP) is 2.76. The van der Waals surface area contributed by atoms with Crippen LogP contribution in [-0.4, -0.2) is 4.98 Å². The predicted molar refractivity (Wildman–Crippen MR) is 56.8 cm³/mol. The number of hydrogen-bond acceptors (Lipinski definition) is 1. The second-order valence-electron chi connectivity index (χ2n) is 4.33. The average Bonchev–Trinajstić information content (AvgIpc) is 2.93. The van der Waals surface area contributed by atoms with Gasteiger partial charge in [-0.15, -0.1) is 0 Å². The molecule has 2 aliphatic rings. The molecule has 1 nitrogen and oxygen atoms in total. The Morgan fingerprint density at radius 3 is 3.21 bits per heavy atom. The smallest absolute Gasteiger partial charge is 0.0300 e. The highest BCUT2D eigenvalue weighted by molar-refractivity contribution is 5.32. The maximum Gasteiger partial charge on any atom is 0.0300 e. The summed E-state index contributed by atoms with van der Waals surface area (Å²) in [5.74, 6) is 0.785. The lowest BCUT2D eigenvalue weighted by Crippen LogP contribution is -2.06. The van der Waals surface area contributed by atoms with Crippen molar-refractivity contribution in [3.05, 3.63) is 54.4 Å². The molecule has 2 unspecified atom stereocenters. The Morgan fingerprint density at radius 2 is 2.43 bits per heavy atom. The highest BCUT2D eigenvalue weighted by Gasteiger charge is 2.50. The van der Waals surface area contributed by atoms with Crippen LogP contribution in [0.25, 0.3) is 0 Å². The third-order valence-corrected chi connectivity index (χ3v) is 3.32. The maximum absolute atomic E-state index is 4.16. The number of pyridine rings is 1. The fourth-order valence-electron chi connectivity index (χ4n) is 2.39. The van der Waals surface area contributed by atoms with Gasteiger partial charge in [-0.05, 0) is 35.8 Å². The zero-order valence-electron chi connectivity index (χ0n) is 8.06. The molecule has 0 spiro atoms. The molecule has 1 heterocycles. The molecule has 0 bridgehead atoms. The van der Waals surface area contributed by atoms with E-state index in [-0.39, 0.29) is 0 Å². The summed E-state index contributed by atoms with van der Waals surface area (Å²) in [4.78, 5) is 4.16. The van der Waals surface area contributed by atoms with Gasteiger partial charge in [0, 0.05) is 12.4 Å². The molecular formula is C13H13N. The SMILES string of the molecule is C1=CC2CC2(Cc2cccnc2)C=C1. The van der Waals surface area contributed by atoms with Crippen LogP contribution in [0, 0.1) is 11.3 Å². The van der Waals surface area contributed by atoms with E-state index in [2.05, 4.69) is 35.4 Å². The monoisotopic (exact) mass is 183 g/mol. The highest BCUT2D eigenvalue weighted by atomic mass is 14.6. The van der Waals surface area contributed by atoms with E-state index in [1.807, 2.05) is 18.5 Å². The Morgan fingerprint density at radius 1 is 1.43 bits per heavy atom. The molecular weight excluding hydrogens is 170 g/mol. The van der Waals surface area contributed by atoms with Crippen LogP contribution in [0.15, 0.2) is 48.8 Å². The minimum atomic E-state index is 0.442. The number of rotatable bonds is 2. The standard InChI is InChI=1S/C13H13N/c1-2-6-13(9-12(13)5-1)8-11-4-3-7-14-10-11/h1-7,10,12H,8-9H2. The van der Waals surface area contributed by atoms with Gasteiger partial charge in [-0.1, -0.05) is 30.4 Å². The number of nitrogens with zero attached hydrogens (tertiary/aromatic N) is 1. The van der Waals surface area contributed by atoms with Gasteiger partial charge in [0.25, 0.3) is 0 Å². The normalized spacial score (nSPS) is 32.7. The van der Waals surface area contributed by atoms with E-state index in [0.29, 0.717) is 5.41 Å². The number of allylic oxidation sites excluding steroid dienone is 4. The molecule has 70 valence electrons. The number of aromatic nitrogens is 1. The summed E-state index contributed by atoms with van der Waals surface area (Å²) in [7, 11) is 0. The molecule has 0 aliphatic heterocycles. The van der Waals surface area contributed by atoms with Crippen molar-refractivity contribution in [2.45, 2.75) is 12.8 Å². The lowest BCUT2D eigenvalue weighted by atomic mass is 9.92. The molecule has 2 aliphatic carbocycles. The van der Waals surface area contributed by atoms with Crippen molar-refractivity contribution in [1.29, 1.82) is 0 Å². The summed E-state index contributed by atoms with van der Waals surface area (Å²) >= 11 is 0. The van der Waals surface area contributed by atoms with Gasteiger partial charge in [-0.2, -0.15) is 0 Å². The zero-order chi connectivity index (χ0) is 9.43. The number of hydrogen-bond donors (Lipinski definition) is 0. The zero-order valence-corrected chi connectivity index (χ0v) is 8.06. The van der Waals surface area contributed by atoms with Crippen molar-refractivity contribution >= 4 is 0 Å². The molecule has 14 heavy (non-hydrogen) atoms. The van der Waals surface area contributed by atoms with E-state index in [4.69, 9.17) is 0 Å². The van der Waals surface area contributed by atoms with Crippen LogP contribution in [0.5, 0.6) is 0 Å². The highest BCUT2D eigenvalue weighted by Crippen LogP contribution is 2.58. The largest absolute Gasteiger partial charge is 0.264 e. The molecule has 0 saturated heterocycles. The van der Waals surface area contributed by atoms with E-state index < -0.39 is 0 Å². The molecule has 1 saturated carbocycles. The fraction of sp³-hybridized carbons (Fsp3) is 0.308. The average molecular weight is 183 g/mol. The first-order valence-corrected chi connectivity index (χ1v) is 5.14. The summed E-state index contributed by atoms with van der Waals surface area (Å²) in [5.41, 5.74) is 1.80. The van der Waals surface area contributed by atoms with Gasteiger partial charge in [-0.25, -0.2) is 0 Å². The molecule has 1 fully saturated rings. The fourth-order valence-corrected chi connectivity index (χ4v) is 2.39. The Bertz CT molecular complexity index is 391. The molecule has 1 aromatic rings. The molecule has 0 radical (unpaired) electrons. The quantitative estimate of drug-likeness (QED) is 0.687. The van der Waals surface area contributed by atoms with Gasteiger partial charge in [0.2, 0.25) is 0 Å². The summed E-state index contributed by atoms with van der Waals surface area (Å²) in [6, 6.07) is 4.19. The van der Waals surface area contributed by atoms with E-state index >= 15 is 0 Å². The molecule has 0 amide bonds. The first-order valence-electron chi connectivity index (χ1n) is 5.14. The van der Waals surface area contributed by atoms with Gasteiger partial charge in [-0.3, -0.25) is 4.98 Å². The summed E-state index contributed by atoms with van der Waals surface area (Å²) < 4.78 is 0. The molecule has 1 heteroatoms. The van der Waals surface area contributed by atoms with Crippen molar-refractivity contribution < 1.29 is 0 Å². The summed E-state index contributed by atoms with van der Waals surface area (Å²) in [6.07, 6.45) is 15.3. The molecule has 0 N–H and O–H groups in total. The van der Waals surface area contributed by atoms with Crippen molar-refractivity contribution in [2.75, 3.05) is 0 Å². The molecule has 3 rings (SSSR count). The van der Waals surface area contributed by atoms with Gasteiger partial charge in [0.15, 0.2) is 0 Å². The van der Waals surface area contributed by atoms with Crippen LogP contribution in [0.3, 0.4) is 0 Å². The Labute approximate surface area is 84.2 Å². The Kier molecular flexibility index (Phi) is 1.60. The van der Waals surface area contributed by atoms with Crippen molar-refractivity contribution in [2.24, 2.45) is 11.3 Å². The van der Waals surface area contributed by atoms with Crippen molar-refractivity contribution in [1.82, 2.24) is 4.98 Å². The summed E-state index contributed by atoms with van der Waals surface area (Å²) in [5, 5.41) is 0. The van der Waals surface area contributed by atoms with Gasteiger partial charge in [0.1, 0.15) is 0 Å². The van der Waals surface area contributed by atoms with Crippen molar-refractivity contribution in [3.8, 4) is 0 Å². The number of fused-ring (bicyclic) bond motifs is 1.